The van der Waals surface area contributed by atoms with Gasteiger partial charge in [0, 0.05) is 36.6 Å². The lowest BCUT2D eigenvalue weighted by Gasteiger charge is -2.33. The van der Waals surface area contributed by atoms with Crippen LogP contribution < -0.4 is 4.90 Å². The molecule has 0 amide bonds. The lowest BCUT2D eigenvalue weighted by atomic mass is 9.98. The van der Waals surface area contributed by atoms with Gasteiger partial charge >= 0.3 is 0 Å². The summed E-state index contributed by atoms with van der Waals surface area (Å²) in [5, 5.41) is 7.75. The Balaban J connectivity index is 1.34. The van der Waals surface area contributed by atoms with Crippen LogP contribution >= 0.6 is 11.3 Å². The van der Waals surface area contributed by atoms with Gasteiger partial charge in [0.1, 0.15) is 0 Å². The van der Waals surface area contributed by atoms with E-state index < -0.39 is 0 Å². The molecule has 0 radical (unpaired) electrons. The number of hydrogen-bond acceptors (Lipinski definition) is 2. The number of fused-ring (bicyclic) bond motifs is 9. The van der Waals surface area contributed by atoms with Gasteiger partial charge in [-0.3, -0.25) is 0 Å². The molecule has 9 aromatic rings. The highest BCUT2D eigenvalue weighted by atomic mass is 32.1. The molecular weight excluding hydrogens is 541 g/mol. The molecule has 1 aliphatic heterocycles. The largest absolute Gasteiger partial charge is 0.306 e. The number of hydrogen-bond donors (Lipinski definition) is 0. The first-order chi connectivity index (χ1) is 21.3. The minimum Gasteiger partial charge on any atom is -0.306 e. The molecule has 7 aromatic carbocycles. The van der Waals surface area contributed by atoms with E-state index in [0.717, 1.165) is 5.69 Å². The lowest BCUT2D eigenvalue weighted by molar-refractivity contribution is 1.11. The van der Waals surface area contributed by atoms with Crippen LogP contribution in [0.1, 0.15) is 0 Å². The number of anilines is 3. The zero-order valence-electron chi connectivity index (χ0n) is 23.2. The first kappa shape index (κ1) is 23.2. The van der Waals surface area contributed by atoms with Crippen molar-refractivity contribution in [2.75, 3.05) is 4.90 Å². The third-order valence-electron chi connectivity index (χ3n) is 9.04. The van der Waals surface area contributed by atoms with Crippen LogP contribution in [0.15, 0.2) is 146 Å². The molecule has 2 nitrogen and oxygen atoms in total. The van der Waals surface area contributed by atoms with Crippen LogP contribution in [0.2, 0.25) is 0 Å². The van der Waals surface area contributed by atoms with Crippen molar-refractivity contribution in [2.45, 2.75) is 0 Å². The van der Waals surface area contributed by atoms with E-state index in [1.807, 2.05) is 11.3 Å². The Labute approximate surface area is 252 Å². The molecule has 0 saturated carbocycles. The molecule has 0 atom stereocenters. The predicted molar refractivity (Wildman–Crippen MR) is 185 cm³/mol. The Morgan fingerprint density at radius 3 is 2.02 bits per heavy atom. The van der Waals surface area contributed by atoms with Gasteiger partial charge < -0.3 is 9.47 Å². The quantitative estimate of drug-likeness (QED) is 0.203. The lowest BCUT2D eigenvalue weighted by Crippen LogP contribution is -2.18. The second kappa shape index (κ2) is 8.57. The Bertz CT molecular complexity index is 2570. The average molecular weight is 565 g/mol. The Morgan fingerprint density at radius 1 is 0.419 bits per heavy atom. The van der Waals surface area contributed by atoms with Crippen molar-refractivity contribution in [3.8, 4) is 16.8 Å². The molecule has 2 aromatic heterocycles. The van der Waals surface area contributed by atoms with Crippen molar-refractivity contribution < 1.29 is 0 Å². The molecule has 10 rings (SSSR count). The van der Waals surface area contributed by atoms with Gasteiger partial charge in [0.05, 0.1) is 28.1 Å². The van der Waals surface area contributed by atoms with E-state index in [1.165, 1.54) is 80.9 Å². The zero-order chi connectivity index (χ0) is 28.1. The summed E-state index contributed by atoms with van der Waals surface area (Å²) in [5.41, 5.74) is 9.72. The predicted octanol–water partition coefficient (Wildman–Crippen LogP) is 11.8. The summed E-state index contributed by atoms with van der Waals surface area (Å²) < 4.78 is 5.15. The van der Waals surface area contributed by atoms with Crippen LogP contribution in [0.3, 0.4) is 0 Å². The van der Waals surface area contributed by atoms with Crippen molar-refractivity contribution >= 4 is 81.1 Å². The van der Waals surface area contributed by atoms with Gasteiger partial charge in [0.15, 0.2) is 0 Å². The first-order valence-electron chi connectivity index (χ1n) is 14.7. The minimum atomic E-state index is 1.16. The molecule has 1 aliphatic rings. The highest BCUT2D eigenvalue weighted by Gasteiger charge is 2.29. The maximum Gasteiger partial charge on any atom is 0.0783 e. The highest BCUT2D eigenvalue weighted by molar-refractivity contribution is 7.25. The van der Waals surface area contributed by atoms with Crippen molar-refractivity contribution in [2.24, 2.45) is 0 Å². The summed E-state index contributed by atoms with van der Waals surface area (Å²) >= 11 is 1.88. The van der Waals surface area contributed by atoms with E-state index in [9.17, 15) is 0 Å². The monoisotopic (exact) mass is 564 g/mol. The van der Waals surface area contributed by atoms with E-state index in [2.05, 4.69) is 155 Å². The Hall–Kier alpha value is -5.38. The summed E-state index contributed by atoms with van der Waals surface area (Å²) in [4.78, 5) is 2.44. The molecule has 43 heavy (non-hydrogen) atoms. The summed E-state index contributed by atoms with van der Waals surface area (Å²) in [6.45, 7) is 0. The van der Waals surface area contributed by atoms with Crippen LogP contribution in [-0.4, -0.2) is 4.57 Å². The zero-order valence-corrected chi connectivity index (χ0v) is 24.0. The molecule has 0 fully saturated rings. The van der Waals surface area contributed by atoms with Crippen molar-refractivity contribution in [3.05, 3.63) is 146 Å². The third-order valence-corrected chi connectivity index (χ3v) is 10.2. The van der Waals surface area contributed by atoms with Crippen LogP contribution in [-0.2, 0) is 0 Å². The molecule has 3 heteroatoms. The van der Waals surface area contributed by atoms with Gasteiger partial charge in [-0.15, -0.1) is 11.3 Å². The van der Waals surface area contributed by atoms with Crippen molar-refractivity contribution in [1.29, 1.82) is 0 Å². The summed E-state index contributed by atoms with van der Waals surface area (Å²) in [7, 11) is 0. The van der Waals surface area contributed by atoms with E-state index in [0.29, 0.717) is 0 Å². The number of para-hydroxylation sites is 3. The first-order valence-corrected chi connectivity index (χ1v) is 15.5. The Kier molecular flexibility index (Phi) is 4.63. The Morgan fingerprint density at radius 2 is 1.14 bits per heavy atom. The normalized spacial score (nSPS) is 12.6. The van der Waals surface area contributed by atoms with Crippen LogP contribution in [0.4, 0.5) is 17.1 Å². The molecule has 200 valence electrons. The third kappa shape index (κ3) is 3.23. The summed E-state index contributed by atoms with van der Waals surface area (Å²) in [6.07, 6.45) is 0. The maximum atomic E-state index is 2.49. The van der Waals surface area contributed by atoms with E-state index >= 15 is 0 Å². The van der Waals surface area contributed by atoms with E-state index in [1.54, 1.807) is 0 Å². The smallest absolute Gasteiger partial charge is 0.0783 e. The molecule has 0 unspecified atom stereocenters. The molecule has 0 aliphatic carbocycles. The highest BCUT2D eigenvalue weighted by Crippen LogP contribution is 2.51. The molecule has 0 bridgehead atoms. The standard InChI is InChI=1S/C40H24N2S/c1-2-12-29(13-3-1)41-34-15-7-8-16-35(34)42-36-22-26-11-5-4-10-25(26)20-32(36)33-21-28(23-37(41)40(33)42)27-18-19-31-30-14-6-9-17-38(30)43-39(31)24-27/h1-24H. The van der Waals surface area contributed by atoms with Gasteiger partial charge in [-0.25, -0.2) is 0 Å². The summed E-state index contributed by atoms with van der Waals surface area (Å²) in [5.74, 6) is 0. The van der Waals surface area contributed by atoms with E-state index in [-0.39, 0.29) is 0 Å². The maximum absolute atomic E-state index is 2.49. The van der Waals surface area contributed by atoms with Crippen LogP contribution in [0.5, 0.6) is 0 Å². The molecule has 0 spiro atoms. The second-order valence-electron chi connectivity index (χ2n) is 11.4. The number of rotatable bonds is 2. The fourth-order valence-electron chi connectivity index (χ4n) is 7.13. The number of thiophene rings is 1. The number of nitrogens with zero attached hydrogens (tertiary/aromatic N) is 2. The van der Waals surface area contributed by atoms with Crippen molar-refractivity contribution in [3.63, 3.8) is 0 Å². The van der Waals surface area contributed by atoms with Gasteiger partial charge in [-0.2, -0.15) is 0 Å². The fraction of sp³-hybridized carbons (Fsp3) is 0. The molecular formula is C40H24N2S. The fourth-order valence-corrected chi connectivity index (χ4v) is 8.27. The molecule has 0 N–H and O–H groups in total. The second-order valence-corrected chi connectivity index (χ2v) is 12.5. The van der Waals surface area contributed by atoms with Crippen LogP contribution in [0.25, 0.3) is 69.6 Å². The van der Waals surface area contributed by atoms with Gasteiger partial charge in [0.2, 0.25) is 0 Å². The van der Waals surface area contributed by atoms with Gasteiger partial charge in [-0.05, 0) is 82.6 Å². The number of benzene rings is 7. The topological polar surface area (TPSA) is 8.17 Å². The van der Waals surface area contributed by atoms with Gasteiger partial charge in [0.25, 0.3) is 0 Å². The molecule has 3 heterocycles. The van der Waals surface area contributed by atoms with Crippen molar-refractivity contribution in [1.82, 2.24) is 4.57 Å². The number of aromatic nitrogens is 1. The van der Waals surface area contributed by atoms with Crippen LogP contribution in [0, 0.1) is 0 Å². The minimum absolute atomic E-state index is 1.16. The van der Waals surface area contributed by atoms with Gasteiger partial charge in [-0.1, -0.05) is 84.9 Å². The SMILES string of the molecule is c1ccc(N2c3ccccc3-n3c4cc5ccccc5cc4c4cc(-c5ccc6c(c5)sc5ccccc56)cc2c43)cc1. The summed E-state index contributed by atoms with van der Waals surface area (Å²) in [6, 6.07) is 53.6. The van der Waals surface area contributed by atoms with E-state index in [4.69, 9.17) is 0 Å². The average Bonchev–Trinajstić information content (AvgIpc) is 3.60. The molecule has 0 saturated heterocycles.